The first-order chi connectivity index (χ1) is 18.7. The van der Waals surface area contributed by atoms with E-state index in [1.807, 2.05) is 29.4 Å². The van der Waals surface area contributed by atoms with Crippen LogP contribution in [0.1, 0.15) is 76.7 Å². The molecule has 2 aromatic heterocycles. The van der Waals surface area contributed by atoms with Crippen molar-refractivity contribution in [2.45, 2.75) is 72.0 Å². The second-order valence-electron chi connectivity index (χ2n) is 9.47. The number of benzene rings is 2. The molecule has 0 bridgehead atoms. The Morgan fingerprint density at radius 1 is 1.13 bits per heavy atom. The van der Waals surface area contributed by atoms with Crippen molar-refractivity contribution in [1.82, 2.24) is 20.1 Å². The van der Waals surface area contributed by atoms with Gasteiger partial charge in [-0.2, -0.15) is 8.78 Å². The number of nitrogens with zero attached hydrogens (tertiary/aromatic N) is 2. The predicted octanol–water partition coefficient (Wildman–Crippen LogP) is 8.62. The molecule has 4 rings (SSSR count). The summed E-state index contributed by atoms with van der Waals surface area (Å²) >= 11 is 1.61. The van der Waals surface area contributed by atoms with Gasteiger partial charge in [-0.1, -0.05) is 52.7 Å². The maximum Gasteiger partial charge on any atom is 0.203 e. The van der Waals surface area contributed by atoms with Crippen molar-refractivity contribution in [3.8, 4) is 5.75 Å². The molecule has 39 heavy (non-hydrogen) atoms. The molecule has 212 valence electrons. The highest BCUT2D eigenvalue weighted by molar-refractivity contribution is 7.16. The number of hydrogen-bond acceptors (Lipinski definition) is 4. The maximum absolute atomic E-state index is 14.0. The molecule has 0 amide bonds. The Kier molecular flexibility index (Phi) is 11.2. The summed E-state index contributed by atoms with van der Waals surface area (Å²) < 4.78 is 63.0. The Morgan fingerprint density at radius 3 is 2.44 bits per heavy atom. The zero-order valence-corrected chi connectivity index (χ0v) is 23.6. The summed E-state index contributed by atoms with van der Waals surface area (Å²) in [6, 6.07) is 6.17. The Hall–Kier alpha value is -3.11. The van der Waals surface area contributed by atoms with Gasteiger partial charge in [-0.3, -0.25) is 9.78 Å². The number of H-pyrrole nitrogens is 1. The van der Waals surface area contributed by atoms with Crippen LogP contribution in [0.15, 0.2) is 48.1 Å². The van der Waals surface area contributed by atoms with Crippen molar-refractivity contribution in [1.29, 1.82) is 0 Å². The summed E-state index contributed by atoms with van der Waals surface area (Å²) in [5.74, 6) is -7.23. The third-order valence-corrected chi connectivity index (χ3v) is 6.91. The molecule has 0 fully saturated rings. The normalized spacial score (nSPS) is 12.7. The molecule has 2 heterocycles. The molecule has 0 saturated heterocycles. The number of unbranched alkanes of at least 4 members (excludes halogenated alkanes) is 1. The van der Waals surface area contributed by atoms with Gasteiger partial charge in [0.05, 0.1) is 27.5 Å². The van der Waals surface area contributed by atoms with E-state index in [1.54, 1.807) is 11.3 Å². The first kappa shape index (κ1) is 30.4. The molecule has 0 spiro atoms. The zero-order chi connectivity index (χ0) is 28.5. The van der Waals surface area contributed by atoms with Gasteiger partial charge in [-0.25, -0.2) is 13.8 Å². The topological polar surface area (TPSA) is 54.9 Å². The maximum atomic E-state index is 14.0. The SMILES string of the molecule is C=C(COc1c(F)c(F)cc(F)c1F)C(CCCC)n1cc(C(C)NCc2ccc3ncsc3c2)[nH]1.CCC. The summed E-state index contributed by atoms with van der Waals surface area (Å²) in [5.41, 5.74) is 5.49. The van der Waals surface area contributed by atoms with Crippen LogP contribution >= 0.6 is 11.3 Å². The molecular weight excluding hydrogens is 528 g/mol. The lowest BCUT2D eigenvalue weighted by Crippen LogP contribution is -2.28. The molecule has 0 aliphatic carbocycles. The van der Waals surface area contributed by atoms with Gasteiger partial charge in [-0.15, -0.1) is 11.3 Å². The van der Waals surface area contributed by atoms with Crippen LogP contribution in [0.5, 0.6) is 5.75 Å². The highest BCUT2D eigenvalue weighted by atomic mass is 32.1. The molecule has 4 aromatic rings. The van der Waals surface area contributed by atoms with E-state index >= 15 is 0 Å². The first-order valence-corrected chi connectivity index (χ1v) is 14.0. The van der Waals surface area contributed by atoms with Crippen LogP contribution in [0.3, 0.4) is 0 Å². The fourth-order valence-corrected chi connectivity index (χ4v) is 4.68. The smallest absolute Gasteiger partial charge is 0.203 e. The number of nitrogens with one attached hydrogen (secondary N) is 2. The molecular formula is C29H36F4N4OS. The fraction of sp³-hybridized carbons (Fsp3) is 0.414. The van der Waals surface area contributed by atoms with Crippen molar-refractivity contribution in [2.24, 2.45) is 0 Å². The van der Waals surface area contributed by atoms with Crippen LogP contribution in [-0.2, 0) is 6.54 Å². The molecule has 0 radical (unpaired) electrons. The minimum atomic E-state index is -1.56. The molecule has 0 saturated carbocycles. The van der Waals surface area contributed by atoms with Gasteiger partial charge in [0.15, 0.2) is 17.4 Å². The Bertz CT molecular complexity index is 1320. The van der Waals surface area contributed by atoms with Gasteiger partial charge >= 0.3 is 0 Å². The second-order valence-corrected chi connectivity index (χ2v) is 10.4. The summed E-state index contributed by atoms with van der Waals surface area (Å²) in [6.07, 6.45) is 5.75. The minimum absolute atomic E-state index is 0.0493. The number of halogens is 4. The third kappa shape index (κ3) is 7.73. The molecule has 2 N–H and O–H groups in total. The van der Waals surface area contributed by atoms with Crippen LogP contribution in [0.4, 0.5) is 17.6 Å². The largest absolute Gasteiger partial charge is 0.483 e. The van der Waals surface area contributed by atoms with Gasteiger partial charge in [0.2, 0.25) is 11.6 Å². The van der Waals surface area contributed by atoms with Crippen molar-refractivity contribution < 1.29 is 22.3 Å². The number of hydrogen-bond donors (Lipinski definition) is 2. The number of fused-ring (bicyclic) bond motifs is 1. The quantitative estimate of drug-likeness (QED) is 0.103. The van der Waals surface area contributed by atoms with Crippen LogP contribution < -0.4 is 10.1 Å². The van der Waals surface area contributed by atoms with E-state index in [4.69, 9.17) is 4.74 Å². The lowest BCUT2D eigenvalue weighted by atomic mass is 10.0. The number of aromatic amines is 1. The van der Waals surface area contributed by atoms with Gasteiger partial charge in [0.25, 0.3) is 0 Å². The van der Waals surface area contributed by atoms with Crippen LogP contribution in [0.2, 0.25) is 0 Å². The number of ether oxygens (including phenoxy) is 1. The highest BCUT2D eigenvalue weighted by Gasteiger charge is 2.23. The number of aromatic nitrogens is 3. The van der Waals surface area contributed by atoms with E-state index in [-0.39, 0.29) is 24.8 Å². The van der Waals surface area contributed by atoms with Crippen molar-refractivity contribution >= 4 is 21.6 Å². The fourth-order valence-electron chi connectivity index (χ4n) is 3.94. The van der Waals surface area contributed by atoms with Crippen molar-refractivity contribution in [3.63, 3.8) is 0 Å². The van der Waals surface area contributed by atoms with Crippen LogP contribution in [0.25, 0.3) is 10.2 Å². The molecule has 2 atom stereocenters. The summed E-state index contributed by atoms with van der Waals surface area (Å²) in [7, 11) is 0. The molecule has 10 heteroatoms. The molecule has 0 aliphatic rings. The van der Waals surface area contributed by atoms with Gasteiger partial charge in [0.1, 0.15) is 6.61 Å². The van der Waals surface area contributed by atoms with Crippen molar-refractivity contribution in [3.05, 3.63) is 82.7 Å². The summed E-state index contributed by atoms with van der Waals surface area (Å²) in [5, 5.41) is 6.79. The monoisotopic (exact) mass is 564 g/mol. The van der Waals surface area contributed by atoms with E-state index in [9.17, 15) is 17.6 Å². The van der Waals surface area contributed by atoms with E-state index in [1.165, 1.54) is 6.42 Å². The van der Waals surface area contributed by atoms with Gasteiger partial charge in [0, 0.05) is 24.8 Å². The molecule has 2 unspecified atom stereocenters. The predicted molar refractivity (Wildman–Crippen MR) is 149 cm³/mol. The first-order valence-electron chi connectivity index (χ1n) is 13.2. The Labute approximate surface area is 230 Å². The molecule has 0 aliphatic heterocycles. The van der Waals surface area contributed by atoms with E-state index in [0.29, 0.717) is 18.5 Å². The van der Waals surface area contributed by atoms with Crippen molar-refractivity contribution in [2.75, 3.05) is 6.61 Å². The van der Waals surface area contributed by atoms with Gasteiger partial charge < -0.3 is 10.1 Å². The lowest BCUT2D eigenvalue weighted by molar-refractivity contribution is 0.277. The van der Waals surface area contributed by atoms with E-state index in [2.05, 4.69) is 54.9 Å². The second kappa shape index (κ2) is 14.3. The average Bonchev–Trinajstić information content (AvgIpc) is 3.35. The zero-order valence-electron chi connectivity index (χ0n) is 22.8. The minimum Gasteiger partial charge on any atom is -0.483 e. The summed E-state index contributed by atoms with van der Waals surface area (Å²) in [4.78, 5) is 4.30. The average molecular weight is 565 g/mol. The van der Waals surface area contributed by atoms with Crippen LogP contribution in [-0.4, -0.2) is 21.4 Å². The number of thiazole rings is 1. The van der Waals surface area contributed by atoms with Crippen LogP contribution in [0, 0.1) is 23.3 Å². The third-order valence-electron chi connectivity index (χ3n) is 6.12. The van der Waals surface area contributed by atoms with Gasteiger partial charge in [-0.05, 0) is 36.6 Å². The molecule has 2 aromatic carbocycles. The number of rotatable bonds is 12. The molecule has 5 nitrogen and oxygen atoms in total. The highest BCUT2D eigenvalue weighted by Crippen LogP contribution is 2.30. The standard InChI is InChI=1S/C26H28F4N4OS.C3H8/c1-4-5-6-22(15(2)13-35-26-24(29)18(27)10-19(28)25(26)30)34-12-21(33-34)16(3)31-11-17-7-8-20-23(9-17)36-14-32-20;1-3-2/h7-10,12,14,16,22,31,33H,2,4-6,11,13H2,1,3H3;3H2,1-2H3. The Morgan fingerprint density at radius 2 is 1.79 bits per heavy atom. The lowest BCUT2D eigenvalue weighted by Gasteiger charge is -2.29. The summed E-state index contributed by atoms with van der Waals surface area (Å²) in [6.45, 7) is 12.8. The Balaban J connectivity index is 0.00000134. The van der Waals surface area contributed by atoms with E-state index in [0.717, 1.165) is 34.3 Å². The van der Waals surface area contributed by atoms with E-state index < -0.39 is 29.0 Å².